The summed E-state index contributed by atoms with van der Waals surface area (Å²) in [6.45, 7) is 30.6. The van der Waals surface area contributed by atoms with E-state index in [0.29, 0.717) is 0 Å². The monoisotopic (exact) mass is 1630 g/mol. The highest BCUT2D eigenvalue weighted by molar-refractivity contribution is 5.89. The van der Waals surface area contributed by atoms with Crippen LogP contribution in [0.15, 0.2) is 116 Å². The standard InChI is InChI=1S/4C16H27NO6.C16H27NO5/c2*1-9(2)5-4-6-10(3)7-12(19)17-13-15(21)14(20)11(8-18)23-16(13)22;2*1-9(2)5-4-6-10(3)7-8-17-15(21)14-12(19)11(18)13(20)16(22)23-14;1-9(2)6-5-7-10(3)8-12(18)17-13-15(20)14(19)11(4)22-16(13)21/h2*5,7,11,13-16,18,20-22H,4,6,8H2,1-3H3,(H,17,19);2*5,7,11-14,16,18-20,22H,4,6,8H2,1-3H3,(H,17,21);6,8,11,13-16,19-21H,5,7H2,1-4H3,(H,17,18)/b4*10-7+;10-8+. The minimum Gasteiger partial charge on any atom is -0.394 e. The molecule has 0 aromatic heterocycles. The first kappa shape index (κ1) is 106. The van der Waals surface area contributed by atoms with Gasteiger partial charge in [0.05, 0.1) is 19.3 Å². The van der Waals surface area contributed by atoms with E-state index in [1.807, 2.05) is 116 Å². The summed E-state index contributed by atoms with van der Waals surface area (Å²) in [4.78, 5) is 59.8. The quantitative estimate of drug-likeness (QED) is 0.0316. The van der Waals surface area contributed by atoms with Crippen molar-refractivity contribution >= 4 is 29.5 Å². The maximum Gasteiger partial charge on any atom is 0.252 e. The summed E-state index contributed by atoms with van der Waals surface area (Å²) < 4.78 is 24.7. The topological polar surface area (TPSA) is 576 Å². The molecule has 654 valence electrons. The molecule has 5 fully saturated rings. The third-order valence-corrected chi connectivity index (χ3v) is 18.3. The third-order valence-electron chi connectivity index (χ3n) is 18.3. The van der Waals surface area contributed by atoms with Crippen molar-refractivity contribution in [2.75, 3.05) is 26.3 Å². The zero-order valence-corrected chi connectivity index (χ0v) is 68.7. The van der Waals surface area contributed by atoms with E-state index in [0.717, 1.165) is 92.1 Å². The lowest BCUT2D eigenvalue weighted by atomic mass is 9.97. The number of carbonyl (C=O) groups is 5. The van der Waals surface area contributed by atoms with Gasteiger partial charge < -0.3 is 147 Å². The number of allylic oxidation sites excluding steroid dienone is 15. The summed E-state index contributed by atoms with van der Waals surface area (Å²) in [6.07, 6.45) is -4.62. The largest absolute Gasteiger partial charge is 0.394 e. The van der Waals surface area contributed by atoms with Crippen LogP contribution in [0.25, 0.3) is 0 Å². The van der Waals surface area contributed by atoms with Crippen LogP contribution in [0.1, 0.15) is 175 Å². The normalized spacial score (nSPS) is 31.8. The van der Waals surface area contributed by atoms with E-state index < -0.39 is 196 Å². The van der Waals surface area contributed by atoms with E-state index in [4.69, 9.17) is 33.9 Å². The molecule has 5 amide bonds. The predicted octanol–water partition coefficient (Wildman–Crippen LogP) is -0.996. The van der Waals surface area contributed by atoms with Crippen molar-refractivity contribution < 1.29 is 145 Å². The lowest BCUT2D eigenvalue weighted by molar-refractivity contribution is -0.275. The molecule has 5 aliphatic heterocycles. The van der Waals surface area contributed by atoms with Crippen LogP contribution >= 0.6 is 0 Å². The highest BCUT2D eigenvalue weighted by atomic mass is 16.7. The molecule has 34 nitrogen and oxygen atoms in total. The minimum atomic E-state index is -1.72. The van der Waals surface area contributed by atoms with Gasteiger partial charge in [-0.05, 0) is 175 Å². The van der Waals surface area contributed by atoms with Crippen molar-refractivity contribution in [2.24, 2.45) is 0 Å². The Hall–Kier alpha value is -6.21. The first-order valence-corrected chi connectivity index (χ1v) is 38.2. The van der Waals surface area contributed by atoms with E-state index in [1.165, 1.54) is 46.1 Å². The van der Waals surface area contributed by atoms with Gasteiger partial charge in [-0.3, -0.25) is 24.0 Å². The van der Waals surface area contributed by atoms with Gasteiger partial charge in [0.15, 0.2) is 43.7 Å². The molecule has 0 aliphatic carbocycles. The lowest BCUT2D eigenvalue weighted by Crippen LogP contribution is -2.64. The molecule has 34 heteroatoms. The van der Waals surface area contributed by atoms with Crippen LogP contribution in [0.2, 0.25) is 0 Å². The number of hydrogen-bond acceptors (Lipinski definition) is 29. The molecule has 5 aliphatic rings. The highest BCUT2D eigenvalue weighted by Gasteiger charge is 2.49. The van der Waals surface area contributed by atoms with Crippen molar-refractivity contribution in [1.82, 2.24) is 26.6 Å². The number of amides is 5. The molecule has 0 aromatic rings. The zero-order valence-electron chi connectivity index (χ0n) is 68.7. The second kappa shape index (κ2) is 54.7. The summed E-state index contributed by atoms with van der Waals surface area (Å²) in [5, 5.41) is 195. The molecule has 5 rings (SSSR count). The van der Waals surface area contributed by atoms with Gasteiger partial charge in [-0.15, -0.1) is 0 Å². The molecule has 0 bridgehead atoms. The molecule has 114 heavy (non-hydrogen) atoms. The summed E-state index contributed by atoms with van der Waals surface area (Å²) in [6, 6.07) is -3.38. The second-order valence-corrected chi connectivity index (χ2v) is 30.3. The molecule has 0 radical (unpaired) electrons. The Bertz CT molecular complexity index is 3070. The van der Waals surface area contributed by atoms with Gasteiger partial charge in [-0.2, -0.15) is 0 Å². The third kappa shape index (κ3) is 39.4. The number of ether oxygens (including phenoxy) is 5. The molecule has 0 spiro atoms. The van der Waals surface area contributed by atoms with Gasteiger partial charge in [0.25, 0.3) is 11.8 Å². The first-order valence-electron chi connectivity index (χ1n) is 38.2. The van der Waals surface area contributed by atoms with Gasteiger partial charge in [-0.25, -0.2) is 0 Å². The van der Waals surface area contributed by atoms with Crippen molar-refractivity contribution in [1.29, 1.82) is 0 Å². The fourth-order valence-electron chi connectivity index (χ4n) is 11.4. The molecule has 0 aromatic carbocycles. The Morgan fingerprint density at radius 3 is 0.807 bits per heavy atom. The van der Waals surface area contributed by atoms with Crippen LogP contribution in [-0.4, -0.2) is 306 Å². The van der Waals surface area contributed by atoms with Gasteiger partial charge in [0.1, 0.15) is 104 Å². The molecule has 5 heterocycles. The Labute approximate surface area is 669 Å². The summed E-state index contributed by atoms with van der Waals surface area (Å²) in [7, 11) is 0. The van der Waals surface area contributed by atoms with Crippen LogP contribution in [0.3, 0.4) is 0 Å². The fourth-order valence-corrected chi connectivity index (χ4v) is 11.4. The minimum absolute atomic E-state index is 0.251. The Morgan fingerprint density at radius 1 is 0.289 bits per heavy atom. The lowest BCUT2D eigenvalue weighted by Gasteiger charge is -2.40. The van der Waals surface area contributed by atoms with Crippen molar-refractivity contribution in [3.8, 4) is 0 Å². The number of aliphatic hydroxyl groups is 19. The summed E-state index contributed by atoms with van der Waals surface area (Å²) >= 11 is 0. The maximum absolute atomic E-state index is 12.0. The molecule has 5 saturated heterocycles. The van der Waals surface area contributed by atoms with Crippen LogP contribution in [-0.2, 0) is 47.7 Å². The predicted molar refractivity (Wildman–Crippen MR) is 420 cm³/mol. The van der Waals surface area contributed by atoms with Crippen LogP contribution in [0.5, 0.6) is 0 Å². The number of aliphatic hydroxyl groups excluding tert-OH is 19. The Kier molecular flexibility index (Phi) is 50.8. The van der Waals surface area contributed by atoms with Crippen LogP contribution < -0.4 is 26.6 Å². The summed E-state index contributed by atoms with van der Waals surface area (Å²) in [5.41, 5.74) is 11.0. The van der Waals surface area contributed by atoms with Gasteiger partial charge in [0, 0.05) is 31.3 Å². The van der Waals surface area contributed by atoms with Crippen LogP contribution in [0, 0.1) is 0 Å². The van der Waals surface area contributed by atoms with E-state index in [1.54, 1.807) is 6.92 Å². The second-order valence-electron chi connectivity index (χ2n) is 30.3. The highest BCUT2D eigenvalue weighted by Crippen LogP contribution is 2.26. The van der Waals surface area contributed by atoms with E-state index in [2.05, 4.69) is 57.0 Å². The Morgan fingerprint density at radius 2 is 0.544 bits per heavy atom. The molecule has 25 atom stereocenters. The van der Waals surface area contributed by atoms with Gasteiger partial charge in [0.2, 0.25) is 17.7 Å². The molecule has 25 unspecified atom stereocenters. The van der Waals surface area contributed by atoms with Crippen molar-refractivity contribution in [2.45, 2.75) is 328 Å². The van der Waals surface area contributed by atoms with Crippen molar-refractivity contribution in [3.05, 3.63) is 116 Å². The summed E-state index contributed by atoms with van der Waals surface area (Å²) in [5.74, 6) is -2.71. The number of rotatable bonds is 29. The SMILES string of the molecule is CC(C)=CCC/C(C)=C/C(=O)NC1C(O)OC(C)C(O)C1O.CC(C)=CCC/C(C)=C/C(=O)NC1C(O)OC(CO)C(O)C1O.CC(C)=CCC/C(C)=C/C(=O)NC1C(O)OC(CO)C(O)C1O.CC(C)=CCC/C(C)=C/CNC(=O)C1OC(O)C(O)C(O)C1O.CC(C)=CCC/C(C)=C/CNC(=O)C1OC(O)C(O)C(O)C1O. The van der Waals surface area contributed by atoms with Crippen LogP contribution in [0.4, 0.5) is 0 Å². The number of nitrogens with one attached hydrogen (secondary N) is 5. The first-order chi connectivity index (χ1) is 53.2. The molecule has 24 N–H and O–H groups in total. The fraction of sp³-hybridized carbons (Fsp3) is 0.688. The molecular formula is C80H135N5O29. The van der Waals surface area contributed by atoms with Crippen molar-refractivity contribution in [3.63, 3.8) is 0 Å². The molecular weight excluding hydrogens is 1490 g/mol. The number of carbonyl (C=O) groups excluding carboxylic acids is 5. The van der Waals surface area contributed by atoms with Gasteiger partial charge >= 0.3 is 0 Å². The van der Waals surface area contributed by atoms with E-state index in [9.17, 15) is 111 Å². The zero-order chi connectivity index (χ0) is 87.1. The molecule has 0 saturated carbocycles. The Balaban J connectivity index is 0.000000713. The van der Waals surface area contributed by atoms with Gasteiger partial charge in [-0.1, -0.05) is 98.3 Å². The maximum atomic E-state index is 12.0. The average Bonchev–Trinajstić information content (AvgIpc) is 0.828. The number of hydrogen-bond donors (Lipinski definition) is 24. The average molecular weight is 1630 g/mol. The van der Waals surface area contributed by atoms with E-state index >= 15 is 0 Å². The smallest absolute Gasteiger partial charge is 0.252 e. The van der Waals surface area contributed by atoms with E-state index in [-0.39, 0.29) is 13.1 Å².